The van der Waals surface area contributed by atoms with Gasteiger partial charge in [-0.15, -0.1) is 11.3 Å². The van der Waals surface area contributed by atoms with Crippen molar-refractivity contribution in [2.24, 2.45) is 0 Å². The van der Waals surface area contributed by atoms with Crippen molar-refractivity contribution in [1.29, 1.82) is 0 Å². The van der Waals surface area contributed by atoms with Crippen LogP contribution >= 0.6 is 22.9 Å². The minimum absolute atomic E-state index is 0.312. The SMILES string of the molecule is COCCOC1CCN(Cc2cc3nc(Cl)nc(N4CCOCC4)c3s2)CC1. The third-order valence-corrected chi connectivity index (χ3v) is 6.52. The van der Waals surface area contributed by atoms with Crippen LogP contribution in [0.2, 0.25) is 5.28 Å². The van der Waals surface area contributed by atoms with Crippen LogP contribution in [0.3, 0.4) is 0 Å². The normalized spacial score (nSPS) is 19.6. The Morgan fingerprint density at radius 3 is 2.71 bits per heavy atom. The molecule has 0 aromatic carbocycles. The highest BCUT2D eigenvalue weighted by atomic mass is 35.5. The van der Waals surface area contributed by atoms with Crippen molar-refractivity contribution < 1.29 is 14.2 Å². The second-order valence-corrected chi connectivity index (χ2v) is 8.66. The number of ether oxygens (including phenoxy) is 3. The average Bonchev–Trinajstić information content (AvgIpc) is 3.11. The Labute approximate surface area is 174 Å². The largest absolute Gasteiger partial charge is 0.382 e. The number of aromatic nitrogens is 2. The lowest BCUT2D eigenvalue weighted by Crippen LogP contribution is -2.36. The molecule has 2 aromatic heterocycles. The lowest BCUT2D eigenvalue weighted by Gasteiger charge is -2.31. The van der Waals surface area contributed by atoms with Gasteiger partial charge in [-0.05, 0) is 30.5 Å². The highest BCUT2D eigenvalue weighted by Crippen LogP contribution is 2.34. The number of thiophene rings is 1. The van der Waals surface area contributed by atoms with E-state index in [1.807, 2.05) is 0 Å². The Morgan fingerprint density at radius 1 is 1.18 bits per heavy atom. The van der Waals surface area contributed by atoms with Crippen LogP contribution in [0, 0.1) is 0 Å². The Kier molecular flexibility index (Phi) is 6.98. The first kappa shape index (κ1) is 20.3. The number of morpholine rings is 1. The molecule has 7 nitrogen and oxygen atoms in total. The average molecular weight is 427 g/mol. The van der Waals surface area contributed by atoms with Crippen molar-refractivity contribution in [3.05, 3.63) is 16.2 Å². The summed E-state index contributed by atoms with van der Waals surface area (Å²) < 4.78 is 17.5. The van der Waals surface area contributed by atoms with Crippen molar-refractivity contribution in [1.82, 2.24) is 14.9 Å². The molecule has 0 aliphatic carbocycles. The summed E-state index contributed by atoms with van der Waals surface area (Å²) in [6.45, 7) is 7.51. The molecular weight excluding hydrogens is 400 g/mol. The molecular formula is C19H27ClN4O3S. The topological polar surface area (TPSA) is 60.0 Å². The zero-order chi connectivity index (χ0) is 19.3. The molecule has 2 aliphatic heterocycles. The number of likely N-dealkylation sites (tertiary alicyclic amines) is 1. The first-order chi connectivity index (χ1) is 13.7. The second-order valence-electron chi connectivity index (χ2n) is 7.18. The van der Waals surface area contributed by atoms with Gasteiger partial charge in [-0.1, -0.05) is 0 Å². The molecule has 0 amide bonds. The number of rotatable bonds is 7. The smallest absolute Gasteiger partial charge is 0.224 e. The summed E-state index contributed by atoms with van der Waals surface area (Å²) in [5, 5.41) is 0.312. The molecule has 154 valence electrons. The Balaban J connectivity index is 1.41. The van der Waals surface area contributed by atoms with Crippen LogP contribution in [0.25, 0.3) is 10.2 Å². The van der Waals surface area contributed by atoms with Gasteiger partial charge in [-0.2, -0.15) is 4.98 Å². The van der Waals surface area contributed by atoms with Crippen LogP contribution in [-0.2, 0) is 20.8 Å². The van der Waals surface area contributed by atoms with E-state index >= 15 is 0 Å². The summed E-state index contributed by atoms with van der Waals surface area (Å²) in [6, 6.07) is 2.17. The maximum atomic E-state index is 6.20. The van der Waals surface area contributed by atoms with Gasteiger partial charge in [0.2, 0.25) is 5.28 Å². The predicted molar refractivity (Wildman–Crippen MR) is 112 cm³/mol. The van der Waals surface area contributed by atoms with E-state index in [0.717, 1.165) is 74.8 Å². The Morgan fingerprint density at radius 2 is 1.96 bits per heavy atom. The number of halogens is 1. The molecule has 2 saturated heterocycles. The molecule has 4 rings (SSSR count). The second kappa shape index (κ2) is 9.65. The molecule has 2 aromatic rings. The summed E-state index contributed by atoms with van der Waals surface area (Å²) in [7, 11) is 1.71. The van der Waals surface area contributed by atoms with Crippen LogP contribution in [0.4, 0.5) is 5.82 Å². The number of methoxy groups -OCH3 is 1. The lowest BCUT2D eigenvalue weighted by molar-refractivity contribution is -0.0156. The fourth-order valence-electron chi connectivity index (χ4n) is 3.76. The van der Waals surface area contributed by atoms with Crippen LogP contribution in [0.15, 0.2) is 6.07 Å². The van der Waals surface area contributed by atoms with Crippen LogP contribution in [0.1, 0.15) is 17.7 Å². The summed E-state index contributed by atoms with van der Waals surface area (Å²) >= 11 is 7.99. The first-order valence-electron chi connectivity index (χ1n) is 9.84. The molecule has 0 N–H and O–H groups in total. The van der Waals surface area contributed by atoms with Gasteiger partial charge in [0.25, 0.3) is 0 Å². The molecule has 28 heavy (non-hydrogen) atoms. The highest BCUT2D eigenvalue weighted by Gasteiger charge is 2.22. The van der Waals surface area contributed by atoms with Crippen LogP contribution < -0.4 is 4.90 Å². The molecule has 0 spiro atoms. The van der Waals surface area contributed by atoms with Gasteiger partial charge in [0.1, 0.15) is 0 Å². The van der Waals surface area contributed by atoms with Gasteiger partial charge < -0.3 is 19.1 Å². The fourth-order valence-corrected chi connectivity index (χ4v) is 5.08. The van der Waals surface area contributed by atoms with Crippen molar-refractivity contribution >= 4 is 39.0 Å². The van der Waals surface area contributed by atoms with Gasteiger partial charge >= 0.3 is 0 Å². The predicted octanol–water partition coefficient (Wildman–Crippen LogP) is 2.81. The summed E-state index contributed by atoms with van der Waals surface area (Å²) in [5.74, 6) is 0.944. The number of anilines is 1. The number of piperidine rings is 1. The van der Waals surface area contributed by atoms with E-state index in [4.69, 9.17) is 25.8 Å². The minimum atomic E-state index is 0.312. The van der Waals surface area contributed by atoms with E-state index in [1.165, 1.54) is 4.88 Å². The number of hydrogen-bond acceptors (Lipinski definition) is 8. The third-order valence-electron chi connectivity index (χ3n) is 5.24. The summed E-state index contributed by atoms with van der Waals surface area (Å²) in [4.78, 5) is 15.0. The molecule has 0 bridgehead atoms. The maximum absolute atomic E-state index is 6.20. The van der Waals surface area contributed by atoms with E-state index in [-0.39, 0.29) is 0 Å². The van der Waals surface area contributed by atoms with Gasteiger partial charge in [0, 0.05) is 44.7 Å². The molecule has 0 unspecified atom stereocenters. The molecule has 2 fully saturated rings. The van der Waals surface area contributed by atoms with Crippen molar-refractivity contribution in [3.63, 3.8) is 0 Å². The summed E-state index contributed by atoms with van der Waals surface area (Å²) in [6.07, 6.45) is 2.49. The number of fused-ring (bicyclic) bond motifs is 1. The third kappa shape index (κ3) is 4.93. The molecule has 2 aliphatic rings. The first-order valence-corrected chi connectivity index (χ1v) is 11.0. The number of hydrogen-bond donors (Lipinski definition) is 0. The van der Waals surface area contributed by atoms with Gasteiger partial charge in [-0.3, -0.25) is 4.90 Å². The maximum Gasteiger partial charge on any atom is 0.224 e. The van der Waals surface area contributed by atoms with E-state index in [1.54, 1.807) is 18.4 Å². The van der Waals surface area contributed by atoms with Gasteiger partial charge in [0.15, 0.2) is 5.82 Å². The fraction of sp³-hybridized carbons (Fsp3) is 0.684. The lowest BCUT2D eigenvalue weighted by atomic mass is 10.1. The van der Waals surface area contributed by atoms with Crippen molar-refractivity contribution in [3.8, 4) is 0 Å². The van der Waals surface area contributed by atoms with Crippen LogP contribution in [0.5, 0.6) is 0 Å². The Bertz CT molecular complexity index is 776. The van der Waals surface area contributed by atoms with Crippen molar-refractivity contribution in [2.45, 2.75) is 25.5 Å². The van der Waals surface area contributed by atoms with Crippen molar-refractivity contribution in [2.75, 3.05) is 64.6 Å². The molecule has 9 heteroatoms. The molecule has 0 radical (unpaired) electrons. The van der Waals surface area contributed by atoms with E-state index in [2.05, 4.69) is 25.8 Å². The van der Waals surface area contributed by atoms with E-state index < -0.39 is 0 Å². The summed E-state index contributed by atoms with van der Waals surface area (Å²) in [5.41, 5.74) is 0.944. The number of nitrogens with zero attached hydrogens (tertiary/aromatic N) is 4. The zero-order valence-electron chi connectivity index (χ0n) is 16.2. The monoisotopic (exact) mass is 426 g/mol. The standard InChI is InChI=1S/C19H27ClN4O3S/c1-25-10-11-27-14-2-4-23(5-3-14)13-15-12-16-17(28-15)18(22-19(20)21-16)24-6-8-26-9-7-24/h12,14H,2-11,13H2,1H3. The van der Waals surface area contributed by atoms with E-state index in [9.17, 15) is 0 Å². The molecule has 0 atom stereocenters. The van der Waals surface area contributed by atoms with Crippen LogP contribution in [-0.4, -0.2) is 80.7 Å². The van der Waals surface area contributed by atoms with Gasteiger partial charge in [0.05, 0.1) is 42.7 Å². The molecule has 4 heterocycles. The highest BCUT2D eigenvalue weighted by molar-refractivity contribution is 7.19. The Hall–Kier alpha value is -1.03. The molecule has 0 saturated carbocycles. The minimum Gasteiger partial charge on any atom is -0.382 e. The zero-order valence-corrected chi connectivity index (χ0v) is 17.8. The quantitative estimate of drug-likeness (QED) is 0.498. The van der Waals surface area contributed by atoms with Gasteiger partial charge in [-0.25, -0.2) is 4.98 Å². The van der Waals surface area contributed by atoms with E-state index in [0.29, 0.717) is 24.6 Å².